The number of oxazole rings is 1. The number of carbonyl (C=O) groups is 1. The minimum atomic E-state index is -0.512. The number of nitrogens with zero attached hydrogens (tertiary/aromatic N) is 2. The van der Waals surface area contributed by atoms with Gasteiger partial charge in [0.25, 0.3) is 6.01 Å². The lowest BCUT2D eigenvalue weighted by Gasteiger charge is -2.20. The summed E-state index contributed by atoms with van der Waals surface area (Å²) in [5, 5.41) is 8.96. The van der Waals surface area contributed by atoms with Crippen LogP contribution in [0.2, 0.25) is 0 Å². The number of aromatic nitrogens is 1. The zero-order valence-corrected chi connectivity index (χ0v) is 9.64. The summed E-state index contributed by atoms with van der Waals surface area (Å²) in [7, 11) is 1.72. The molecule has 1 aromatic rings. The number of hydrogen-bond donors (Lipinski definition) is 1. The largest absolute Gasteiger partial charge is 0.461 e. The van der Waals surface area contributed by atoms with Crippen LogP contribution in [0.25, 0.3) is 0 Å². The third-order valence-corrected chi connectivity index (χ3v) is 2.20. The monoisotopic (exact) mass is 228 g/mol. The van der Waals surface area contributed by atoms with Gasteiger partial charge in [0.2, 0.25) is 0 Å². The number of likely N-dealkylation sites (N-methyl/N-ethyl adjacent to an activating group) is 1. The Morgan fingerprint density at radius 2 is 2.44 bits per heavy atom. The Morgan fingerprint density at radius 1 is 1.75 bits per heavy atom. The molecule has 0 aliphatic rings. The van der Waals surface area contributed by atoms with E-state index >= 15 is 0 Å². The van der Waals surface area contributed by atoms with E-state index in [0.717, 1.165) is 0 Å². The molecule has 90 valence electrons. The molecule has 0 radical (unpaired) electrons. The van der Waals surface area contributed by atoms with Crippen LogP contribution in [0.3, 0.4) is 0 Å². The highest BCUT2D eigenvalue weighted by Crippen LogP contribution is 2.14. The van der Waals surface area contributed by atoms with Gasteiger partial charge in [-0.2, -0.15) is 4.98 Å². The number of esters is 1. The predicted molar refractivity (Wildman–Crippen MR) is 57.4 cm³/mol. The first kappa shape index (κ1) is 12.5. The molecule has 0 aliphatic heterocycles. The van der Waals surface area contributed by atoms with Crippen LogP contribution in [0.4, 0.5) is 6.01 Å². The second-order valence-electron chi connectivity index (χ2n) is 3.38. The number of aliphatic hydroxyl groups excluding tert-OH is 1. The topological polar surface area (TPSA) is 75.8 Å². The molecule has 1 heterocycles. The molecule has 1 rings (SSSR count). The molecule has 1 unspecified atom stereocenters. The number of anilines is 1. The summed E-state index contributed by atoms with van der Waals surface area (Å²) in [6.07, 6.45) is 1.24. The first-order chi connectivity index (χ1) is 7.60. The summed E-state index contributed by atoms with van der Waals surface area (Å²) in [6.45, 7) is 3.81. The quantitative estimate of drug-likeness (QED) is 0.746. The van der Waals surface area contributed by atoms with Crippen molar-refractivity contribution in [1.82, 2.24) is 4.98 Å². The molecule has 0 fully saturated rings. The van der Waals surface area contributed by atoms with E-state index in [9.17, 15) is 4.79 Å². The van der Waals surface area contributed by atoms with Crippen molar-refractivity contribution in [2.24, 2.45) is 0 Å². The van der Waals surface area contributed by atoms with Crippen LogP contribution >= 0.6 is 0 Å². The first-order valence-electron chi connectivity index (χ1n) is 5.06. The van der Waals surface area contributed by atoms with Crippen molar-refractivity contribution in [3.05, 3.63) is 12.0 Å². The highest BCUT2D eigenvalue weighted by Gasteiger charge is 2.18. The summed E-state index contributed by atoms with van der Waals surface area (Å²) in [4.78, 5) is 16.9. The van der Waals surface area contributed by atoms with E-state index < -0.39 is 5.97 Å². The number of aliphatic hydroxyl groups is 1. The van der Waals surface area contributed by atoms with Crippen molar-refractivity contribution in [2.45, 2.75) is 19.9 Å². The summed E-state index contributed by atoms with van der Waals surface area (Å²) < 4.78 is 9.90. The molecule has 0 saturated carbocycles. The Kier molecular flexibility index (Phi) is 4.30. The number of ether oxygens (including phenoxy) is 1. The Labute approximate surface area is 93.8 Å². The Balaban J connectivity index is 2.74. The Morgan fingerprint density at radius 3 is 3.00 bits per heavy atom. The molecule has 6 nitrogen and oxygen atoms in total. The fourth-order valence-electron chi connectivity index (χ4n) is 1.04. The van der Waals surface area contributed by atoms with Gasteiger partial charge in [-0.3, -0.25) is 0 Å². The van der Waals surface area contributed by atoms with Crippen molar-refractivity contribution < 1.29 is 19.1 Å². The second kappa shape index (κ2) is 5.50. The Bertz CT molecular complexity index is 350. The number of rotatable bonds is 5. The third-order valence-electron chi connectivity index (χ3n) is 2.20. The van der Waals surface area contributed by atoms with Crippen molar-refractivity contribution in [1.29, 1.82) is 0 Å². The van der Waals surface area contributed by atoms with Gasteiger partial charge in [0.15, 0.2) is 5.69 Å². The van der Waals surface area contributed by atoms with E-state index in [1.807, 2.05) is 6.92 Å². The van der Waals surface area contributed by atoms with Crippen molar-refractivity contribution in [3.63, 3.8) is 0 Å². The normalized spacial score (nSPS) is 12.2. The molecule has 0 bridgehead atoms. The molecule has 1 aromatic heterocycles. The second-order valence-corrected chi connectivity index (χ2v) is 3.38. The maximum Gasteiger partial charge on any atom is 0.360 e. The van der Waals surface area contributed by atoms with Gasteiger partial charge in [0.1, 0.15) is 6.26 Å². The predicted octanol–water partition coefficient (Wildman–Crippen LogP) is 0.668. The highest BCUT2D eigenvalue weighted by molar-refractivity contribution is 5.87. The van der Waals surface area contributed by atoms with Crippen LogP contribution in [0, 0.1) is 0 Å². The zero-order valence-electron chi connectivity index (χ0n) is 9.64. The van der Waals surface area contributed by atoms with E-state index in [4.69, 9.17) is 14.3 Å². The molecule has 1 N–H and O–H groups in total. The van der Waals surface area contributed by atoms with Gasteiger partial charge in [-0.15, -0.1) is 0 Å². The molecule has 0 aromatic carbocycles. The van der Waals surface area contributed by atoms with Crippen molar-refractivity contribution in [3.8, 4) is 0 Å². The van der Waals surface area contributed by atoms with Gasteiger partial charge >= 0.3 is 5.97 Å². The van der Waals surface area contributed by atoms with E-state index in [0.29, 0.717) is 6.61 Å². The number of carbonyl (C=O) groups excluding carboxylic acids is 1. The molecule has 16 heavy (non-hydrogen) atoms. The van der Waals surface area contributed by atoms with Crippen molar-refractivity contribution in [2.75, 3.05) is 25.2 Å². The van der Waals surface area contributed by atoms with Crippen LogP contribution in [0.15, 0.2) is 10.7 Å². The van der Waals surface area contributed by atoms with Crippen LogP contribution in [-0.2, 0) is 4.74 Å². The van der Waals surface area contributed by atoms with Gasteiger partial charge < -0.3 is 19.2 Å². The summed E-state index contributed by atoms with van der Waals surface area (Å²) in [6, 6.07) is 0.151. The first-order valence-corrected chi connectivity index (χ1v) is 5.06. The lowest BCUT2D eigenvalue weighted by Crippen LogP contribution is -2.32. The van der Waals surface area contributed by atoms with Gasteiger partial charge in [-0.1, -0.05) is 0 Å². The molecule has 0 saturated heterocycles. The van der Waals surface area contributed by atoms with Gasteiger partial charge in [-0.25, -0.2) is 4.79 Å². The zero-order chi connectivity index (χ0) is 12.1. The van der Waals surface area contributed by atoms with E-state index in [1.165, 1.54) is 6.26 Å². The van der Waals surface area contributed by atoms with Crippen LogP contribution in [0.5, 0.6) is 0 Å². The highest BCUT2D eigenvalue weighted by atomic mass is 16.5. The summed E-state index contributed by atoms with van der Waals surface area (Å²) in [5.74, 6) is -0.512. The van der Waals surface area contributed by atoms with E-state index in [2.05, 4.69) is 4.98 Å². The van der Waals surface area contributed by atoms with Gasteiger partial charge in [0.05, 0.1) is 19.3 Å². The summed E-state index contributed by atoms with van der Waals surface area (Å²) in [5.41, 5.74) is 0.133. The van der Waals surface area contributed by atoms with Gasteiger partial charge in [-0.05, 0) is 13.8 Å². The van der Waals surface area contributed by atoms with Crippen LogP contribution in [0.1, 0.15) is 24.3 Å². The maximum absolute atomic E-state index is 11.3. The smallest absolute Gasteiger partial charge is 0.360 e. The molecule has 0 aliphatic carbocycles. The molecule has 6 heteroatoms. The van der Waals surface area contributed by atoms with E-state index in [-0.39, 0.29) is 24.4 Å². The molecule has 1 atom stereocenters. The average Bonchev–Trinajstić information content (AvgIpc) is 2.76. The van der Waals surface area contributed by atoms with Crippen LogP contribution in [-0.4, -0.2) is 42.4 Å². The average molecular weight is 228 g/mol. The Hall–Kier alpha value is -1.56. The van der Waals surface area contributed by atoms with Crippen LogP contribution < -0.4 is 4.90 Å². The lowest BCUT2D eigenvalue weighted by molar-refractivity contribution is 0.0519. The fourth-order valence-corrected chi connectivity index (χ4v) is 1.04. The standard InChI is InChI=1S/C10H16N2O4/c1-4-15-9(14)8-6-16-10(11-8)12(3)7(2)5-13/h6-7,13H,4-5H2,1-3H3. The third kappa shape index (κ3) is 2.73. The minimum absolute atomic E-state index is 0.0202. The van der Waals surface area contributed by atoms with Gasteiger partial charge in [0, 0.05) is 7.05 Å². The van der Waals surface area contributed by atoms with Crippen molar-refractivity contribution >= 4 is 12.0 Å². The maximum atomic E-state index is 11.3. The molecule has 0 spiro atoms. The fraction of sp³-hybridized carbons (Fsp3) is 0.600. The SMILES string of the molecule is CCOC(=O)c1coc(N(C)C(C)CO)n1. The lowest BCUT2D eigenvalue weighted by atomic mass is 10.3. The van der Waals surface area contributed by atoms with E-state index in [1.54, 1.807) is 18.9 Å². The molecular weight excluding hydrogens is 212 g/mol. The molecule has 0 amide bonds. The molecular formula is C10H16N2O4. The minimum Gasteiger partial charge on any atom is -0.461 e. The summed E-state index contributed by atoms with van der Waals surface area (Å²) >= 11 is 0. The number of hydrogen-bond acceptors (Lipinski definition) is 6.